The molecule has 0 spiro atoms. The van der Waals surface area contributed by atoms with Gasteiger partial charge in [-0.15, -0.1) is 0 Å². The molecule has 0 amide bonds. The van der Waals surface area contributed by atoms with Crippen LogP contribution in [-0.2, 0) is 0 Å². The molecule has 5 heteroatoms. The highest BCUT2D eigenvalue weighted by atomic mass is 79.9. The molecule has 0 unspecified atom stereocenters. The van der Waals surface area contributed by atoms with Crippen LogP contribution in [0.1, 0.15) is 10.4 Å². The van der Waals surface area contributed by atoms with Gasteiger partial charge in [0.05, 0.1) is 10.0 Å². The van der Waals surface area contributed by atoms with Gasteiger partial charge in [-0.2, -0.15) is 0 Å². The Balaban J connectivity index is 1.86. The Morgan fingerprint density at radius 3 is 2.53 bits per heavy atom. The molecule has 0 aliphatic carbocycles. The molecule has 4 nitrogen and oxygen atoms in total. The molecule has 1 aliphatic heterocycles. The molecule has 3 rings (SSSR count). The van der Waals surface area contributed by atoms with Gasteiger partial charge >= 0.3 is 5.97 Å². The van der Waals surface area contributed by atoms with Crippen LogP contribution in [0.3, 0.4) is 0 Å². The number of hydrogen-bond donors (Lipinski definition) is 0. The summed E-state index contributed by atoms with van der Waals surface area (Å²) in [6.45, 7) is 0.178. The molecule has 2 aromatic rings. The topological polar surface area (TPSA) is 44.8 Å². The van der Waals surface area contributed by atoms with Crippen molar-refractivity contribution in [3.63, 3.8) is 0 Å². The van der Waals surface area contributed by atoms with Gasteiger partial charge in [0.15, 0.2) is 11.5 Å². The van der Waals surface area contributed by atoms with Crippen molar-refractivity contribution in [2.24, 2.45) is 0 Å². The van der Waals surface area contributed by atoms with Crippen molar-refractivity contribution in [1.29, 1.82) is 0 Å². The highest BCUT2D eigenvalue weighted by Gasteiger charge is 2.19. The molecule has 0 fully saturated rings. The zero-order valence-electron chi connectivity index (χ0n) is 9.76. The van der Waals surface area contributed by atoms with E-state index in [0.29, 0.717) is 27.3 Å². The van der Waals surface area contributed by atoms with Crippen molar-refractivity contribution in [3.8, 4) is 17.2 Å². The minimum absolute atomic E-state index is 0.178. The van der Waals surface area contributed by atoms with Crippen LogP contribution in [0, 0.1) is 0 Å². The fraction of sp³-hybridized carbons (Fsp3) is 0.0714. The number of benzene rings is 2. The third-order valence-corrected chi connectivity index (χ3v) is 3.26. The van der Waals surface area contributed by atoms with Crippen molar-refractivity contribution >= 4 is 21.9 Å². The number of halogens is 1. The van der Waals surface area contributed by atoms with Crippen LogP contribution in [-0.4, -0.2) is 12.8 Å². The van der Waals surface area contributed by atoms with Crippen molar-refractivity contribution in [2.45, 2.75) is 0 Å². The summed E-state index contributed by atoms with van der Waals surface area (Å²) in [4.78, 5) is 12.0. The fourth-order valence-electron chi connectivity index (χ4n) is 1.71. The van der Waals surface area contributed by atoms with Crippen LogP contribution >= 0.6 is 15.9 Å². The van der Waals surface area contributed by atoms with Crippen LogP contribution in [0.25, 0.3) is 0 Å². The average molecular weight is 321 g/mol. The number of carbonyl (C=O) groups is 1. The van der Waals surface area contributed by atoms with E-state index >= 15 is 0 Å². The van der Waals surface area contributed by atoms with Crippen LogP contribution in [0.2, 0.25) is 0 Å². The van der Waals surface area contributed by atoms with Gasteiger partial charge in [-0.1, -0.05) is 18.2 Å². The minimum atomic E-state index is -0.417. The first kappa shape index (κ1) is 12.0. The van der Waals surface area contributed by atoms with Crippen molar-refractivity contribution in [2.75, 3.05) is 6.79 Å². The summed E-state index contributed by atoms with van der Waals surface area (Å²) < 4.78 is 16.5. The summed E-state index contributed by atoms with van der Waals surface area (Å²) in [6.07, 6.45) is 0. The third-order valence-electron chi connectivity index (χ3n) is 2.64. The summed E-state index contributed by atoms with van der Waals surface area (Å²) in [7, 11) is 0. The van der Waals surface area contributed by atoms with E-state index in [1.54, 1.807) is 36.4 Å². The molecule has 0 N–H and O–H groups in total. The van der Waals surface area contributed by atoms with Crippen molar-refractivity contribution < 1.29 is 19.0 Å². The molecule has 0 aromatic heterocycles. The van der Waals surface area contributed by atoms with E-state index in [9.17, 15) is 4.79 Å². The highest BCUT2D eigenvalue weighted by Crippen LogP contribution is 2.40. The van der Waals surface area contributed by atoms with E-state index in [2.05, 4.69) is 15.9 Å². The lowest BCUT2D eigenvalue weighted by Crippen LogP contribution is -2.08. The third kappa shape index (κ3) is 2.42. The number of esters is 1. The molecule has 0 saturated carbocycles. The largest absolute Gasteiger partial charge is 0.454 e. The Morgan fingerprint density at radius 2 is 1.79 bits per heavy atom. The predicted molar refractivity (Wildman–Crippen MR) is 71.7 cm³/mol. The second kappa shape index (κ2) is 4.93. The Hall–Kier alpha value is -2.01. The fourth-order valence-corrected chi connectivity index (χ4v) is 2.11. The SMILES string of the molecule is O=C(Oc1cc2c(cc1Br)OCO2)c1ccccc1. The van der Waals surface area contributed by atoms with E-state index in [1.807, 2.05) is 6.07 Å². The molecule has 1 heterocycles. The molecule has 96 valence electrons. The first-order valence-electron chi connectivity index (χ1n) is 5.60. The summed E-state index contributed by atoms with van der Waals surface area (Å²) in [6, 6.07) is 12.2. The van der Waals surface area contributed by atoms with Gasteiger partial charge in [0.25, 0.3) is 0 Å². The van der Waals surface area contributed by atoms with Crippen LogP contribution < -0.4 is 14.2 Å². The highest BCUT2D eigenvalue weighted by molar-refractivity contribution is 9.10. The van der Waals surface area contributed by atoms with Crippen LogP contribution in [0.15, 0.2) is 46.9 Å². The number of ether oxygens (including phenoxy) is 3. The Bertz CT molecular complexity index is 625. The Labute approximate surface area is 118 Å². The lowest BCUT2D eigenvalue weighted by atomic mass is 10.2. The van der Waals surface area contributed by atoms with Crippen molar-refractivity contribution in [1.82, 2.24) is 0 Å². The van der Waals surface area contributed by atoms with E-state index in [4.69, 9.17) is 14.2 Å². The molecule has 1 aliphatic rings. The van der Waals surface area contributed by atoms with Gasteiger partial charge in [-0.3, -0.25) is 0 Å². The van der Waals surface area contributed by atoms with Gasteiger partial charge in [-0.25, -0.2) is 4.79 Å². The summed E-state index contributed by atoms with van der Waals surface area (Å²) in [5.41, 5.74) is 0.493. The second-order valence-corrected chi connectivity index (χ2v) is 4.75. The summed E-state index contributed by atoms with van der Waals surface area (Å²) >= 11 is 3.34. The minimum Gasteiger partial charge on any atom is -0.454 e. The molecule has 0 saturated heterocycles. The second-order valence-electron chi connectivity index (χ2n) is 3.89. The lowest BCUT2D eigenvalue weighted by Gasteiger charge is -2.07. The normalized spacial score (nSPS) is 12.3. The number of fused-ring (bicyclic) bond motifs is 1. The molecule has 2 aromatic carbocycles. The quantitative estimate of drug-likeness (QED) is 0.628. The van der Waals surface area contributed by atoms with E-state index in [-0.39, 0.29) is 6.79 Å². The zero-order valence-corrected chi connectivity index (χ0v) is 11.3. The molecular formula is C14H9BrO4. The molecule has 19 heavy (non-hydrogen) atoms. The molecule has 0 atom stereocenters. The maximum absolute atomic E-state index is 12.0. The van der Waals surface area contributed by atoms with Crippen LogP contribution in [0.5, 0.6) is 17.2 Å². The van der Waals surface area contributed by atoms with Crippen molar-refractivity contribution in [3.05, 3.63) is 52.5 Å². The van der Waals surface area contributed by atoms with Gasteiger partial charge in [0.1, 0.15) is 5.75 Å². The standard InChI is InChI=1S/C14H9BrO4/c15-10-6-12-13(18-8-17-12)7-11(10)19-14(16)9-4-2-1-3-5-9/h1-7H,8H2. The predicted octanol–water partition coefficient (Wildman–Crippen LogP) is 3.40. The van der Waals surface area contributed by atoms with E-state index < -0.39 is 5.97 Å². The lowest BCUT2D eigenvalue weighted by molar-refractivity contribution is 0.0733. The monoisotopic (exact) mass is 320 g/mol. The smallest absolute Gasteiger partial charge is 0.343 e. The molecule has 0 radical (unpaired) electrons. The van der Waals surface area contributed by atoms with Gasteiger partial charge in [-0.05, 0) is 28.1 Å². The van der Waals surface area contributed by atoms with Gasteiger partial charge in [0, 0.05) is 12.1 Å². The Morgan fingerprint density at radius 1 is 1.11 bits per heavy atom. The molecular weight excluding hydrogens is 312 g/mol. The summed E-state index contributed by atoms with van der Waals surface area (Å²) in [5.74, 6) is 1.18. The van der Waals surface area contributed by atoms with E-state index in [0.717, 1.165) is 0 Å². The van der Waals surface area contributed by atoms with Gasteiger partial charge < -0.3 is 14.2 Å². The Kier molecular flexibility index (Phi) is 3.13. The molecule has 0 bridgehead atoms. The van der Waals surface area contributed by atoms with Gasteiger partial charge in [0.2, 0.25) is 6.79 Å². The van der Waals surface area contributed by atoms with Crippen LogP contribution in [0.4, 0.5) is 0 Å². The number of hydrogen-bond acceptors (Lipinski definition) is 4. The number of carbonyl (C=O) groups excluding carboxylic acids is 1. The average Bonchev–Trinajstić information content (AvgIpc) is 2.87. The zero-order chi connectivity index (χ0) is 13.2. The van der Waals surface area contributed by atoms with E-state index in [1.165, 1.54) is 0 Å². The summed E-state index contributed by atoms with van der Waals surface area (Å²) in [5, 5.41) is 0. The first-order chi connectivity index (χ1) is 9.24. The maximum atomic E-state index is 12.0. The first-order valence-corrected chi connectivity index (χ1v) is 6.40. The number of rotatable bonds is 2. The maximum Gasteiger partial charge on any atom is 0.343 e.